The number of nitrogens with one attached hydrogen (secondary N) is 2. The van der Waals surface area contributed by atoms with Gasteiger partial charge < -0.3 is 10.6 Å². The minimum atomic E-state index is -0.228. The standard InChI is InChI=1S/C14H21BrFN3.HI/c1-3-4-8-18-14(17-2)19-9-7-11-5-6-13(16)12(15)10-11;/h5-6,10H,3-4,7-9H2,1-2H3,(H2,17,18,19);1H. The van der Waals surface area contributed by atoms with E-state index < -0.39 is 0 Å². The maximum atomic E-state index is 13.1. The lowest BCUT2D eigenvalue weighted by Crippen LogP contribution is -2.38. The molecule has 114 valence electrons. The van der Waals surface area contributed by atoms with Crippen LogP contribution < -0.4 is 10.6 Å². The number of halogens is 3. The molecule has 0 spiro atoms. The molecule has 0 bridgehead atoms. The molecule has 0 aliphatic heterocycles. The monoisotopic (exact) mass is 457 g/mol. The van der Waals surface area contributed by atoms with Gasteiger partial charge in [-0.1, -0.05) is 19.4 Å². The van der Waals surface area contributed by atoms with Crippen LogP contribution in [0.15, 0.2) is 27.7 Å². The minimum absolute atomic E-state index is 0. The van der Waals surface area contributed by atoms with Crippen molar-refractivity contribution in [1.29, 1.82) is 0 Å². The maximum Gasteiger partial charge on any atom is 0.190 e. The summed E-state index contributed by atoms with van der Waals surface area (Å²) in [6, 6.07) is 5.09. The van der Waals surface area contributed by atoms with Crippen molar-refractivity contribution in [2.24, 2.45) is 4.99 Å². The molecule has 0 heterocycles. The Morgan fingerprint density at radius 3 is 2.60 bits per heavy atom. The first kappa shape index (κ1) is 19.6. The molecular formula is C14H22BrFIN3. The number of nitrogens with zero attached hydrogens (tertiary/aromatic N) is 1. The summed E-state index contributed by atoms with van der Waals surface area (Å²) in [5.41, 5.74) is 1.09. The molecule has 0 aromatic heterocycles. The van der Waals surface area contributed by atoms with E-state index in [1.165, 1.54) is 6.07 Å². The van der Waals surface area contributed by atoms with Crippen LogP contribution in [0, 0.1) is 5.82 Å². The van der Waals surface area contributed by atoms with Crippen molar-refractivity contribution < 1.29 is 4.39 Å². The zero-order chi connectivity index (χ0) is 14.1. The van der Waals surface area contributed by atoms with E-state index in [-0.39, 0.29) is 29.8 Å². The highest BCUT2D eigenvalue weighted by Crippen LogP contribution is 2.16. The van der Waals surface area contributed by atoms with Gasteiger partial charge in [0.25, 0.3) is 0 Å². The van der Waals surface area contributed by atoms with Gasteiger partial charge in [0.2, 0.25) is 0 Å². The number of guanidine groups is 1. The first-order chi connectivity index (χ1) is 9.17. The SMILES string of the molecule is CCCCNC(=NC)NCCc1ccc(F)c(Br)c1.I. The highest BCUT2D eigenvalue weighted by atomic mass is 127. The molecule has 1 rings (SSSR count). The maximum absolute atomic E-state index is 13.1. The van der Waals surface area contributed by atoms with Crippen LogP contribution in [0.3, 0.4) is 0 Å². The van der Waals surface area contributed by atoms with Crippen LogP contribution in [-0.2, 0) is 6.42 Å². The average molecular weight is 458 g/mol. The van der Waals surface area contributed by atoms with Gasteiger partial charge in [-0.05, 0) is 46.5 Å². The van der Waals surface area contributed by atoms with Gasteiger partial charge in [-0.2, -0.15) is 0 Å². The fourth-order valence-corrected chi connectivity index (χ4v) is 2.05. The number of unbranched alkanes of at least 4 members (excludes halogenated alkanes) is 1. The Morgan fingerprint density at radius 2 is 2.00 bits per heavy atom. The van der Waals surface area contributed by atoms with Crippen molar-refractivity contribution in [1.82, 2.24) is 10.6 Å². The molecule has 20 heavy (non-hydrogen) atoms. The summed E-state index contributed by atoms with van der Waals surface area (Å²) >= 11 is 3.19. The highest BCUT2D eigenvalue weighted by molar-refractivity contribution is 14.0. The Labute approximate surface area is 146 Å². The second kappa shape index (κ2) is 11.3. The van der Waals surface area contributed by atoms with Gasteiger partial charge >= 0.3 is 0 Å². The molecular weight excluding hydrogens is 436 g/mol. The van der Waals surface area contributed by atoms with Crippen molar-refractivity contribution in [2.75, 3.05) is 20.1 Å². The Morgan fingerprint density at radius 1 is 1.30 bits per heavy atom. The van der Waals surface area contributed by atoms with Gasteiger partial charge in [-0.3, -0.25) is 4.99 Å². The van der Waals surface area contributed by atoms with Crippen LogP contribution in [0.5, 0.6) is 0 Å². The lowest BCUT2D eigenvalue weighted by atomic mass is 10.1. The summed E-state index contributed by atoms with van der Waals surface area (Å²) < 4.78 is 13.6. The quantitative estimate of drug-likeness (QED) is 0.295. The number of aliphatic imine (C=N–C) groups is 1. The number of hydrogen-bond acceptors (Lipinski definition) is 1. The predicted molar refractivity (Wildman–Crippen MR) is 97.5 cm³/mol. The summed E-state index contributed by atoms with van der Waals surface area (Å²) in [4.78, 5) is 4.15. The first-order valence-corrected chi connectivity index (χ1v) is 7.35. The highest BCUT2D eigenvalue weighted by Gasteiger charge is 2.01. The van der Waals surface area contributed by atoms with Crippen LogP contribution in [0.25, 0.3) is 0 Å². The van der Waals surface area contributed by atoms with Crippen LogP contribution >= 0.6 is 39.9 Å². The molecule has 6 heteroatoms. The third-order valence-electron chi connectivity index (χ3n) is 2.74. The summed E-state index contributed by atoms with van der Waals surface area (Å²) in [5, 5.41) is 6.49. The van der Waals surface area contributed by atoms with Crippen molar-refractivity contribution in [3.63, 3.8) is 0 Å². The molecule has 0 aliphatic carbocycles. The zero-order valence-electron chi connectivity index (χ0n) is 11.9. The largest absolute Gasteiger partial charge is 0.356 e. The number of hydrogen-bond donors (Lipinski definition) is 2. The Kier molecular flexibility index (Phi) is 11.1. The van der Waals surface area contributed by atoms with E-state index in [0.717, 1.165) is 43.9 Å². The van der Waals surface area contributed by atoms with Crippen molar-refractivity contribution in [3.8, 4) is 0 Å². The van der Waals surface area contributed by atoms with Gasteiger partial charge in [-0.25, -0.2) is 4.39 Å². The summed E-state index contributed by atoms with van der Waals surface area (Å²) in [5.74, 6) is 0.586. The molecule has 0 unspecified atom stereocenters. The van der Waals surface area contributed by atoms with Crippen LogP contribution in [0.2, 0.25) is 0 Å². The second-order valence-corrected chi connectivity index (χ2v) is 5.13. The molecule has 0 radical (unpaired) electrons. The van der Waals surface area contributed by atoms with E-state index >= 15 is 0 Å². The summed E-state index contributed by atoms with van der Waals surface area (Å²) in [6.45, 7) is 3.85. The molecule has 0 fully saturated rings. The predicted octanol–water partition coefficient (Wildman–Crippen LogP) is 3.71. The topological polar surface area (TPSA) is 36.4 Å². The second-order valence-electron chi connectivity index (χ2n) is 4.28. The van der Waals surface area contributed by atoms with Crippen molar-refractivity contribution in [2.45, 2.75) is 26.2 Å². The normalized spacial score (nSPS) is 10.9. The molecule has 3 nitrogen and oxygen atoms in total. The molecule has 1 aromatic carbocycles. The first-order valence-electron chi connectivity index (χ1n) is 6.55. The molecule has 0 saturated carbocycles. The van der Waals surface area contributed by atoms with Crippen LogP contribution in [0.4, 0.5) is 4.39 Å². The summed E-state index contributed by atoms with van der Waals surface area (Å²) in [6.07, 6.45) is 3.12. The number of benzene rings is 1. The van der Waals surface area contributed by atoms with Crippen molar-refractivity contribution >= 4 is 45.9 Å². The number of rotatable bonds is 6. The van der Waals surface area contributed by atoms with Gasteiger partial charge in [0.15, 0.2) is 5.96 Å². The van der Waals surface area contributed by atoms with Gasteiger partial charge in [-0.15, -0.1) is 24.0 Å². The van der Waals surface area contributed by atoms with Crippen molar-refractivity contribution in [3.05, 3.63) is 34.1 Å². The fourth-order valence-electron chi connectivity index (χ4n) is 1.62. The van der Waals surface area contributed by atoms with E-state index in [4.69, 9.17) is 0 Å². The molecule has 2 N–H and O–H groups in total. The smallest absolute Gasteiger partial charge is 0.190 e. The van der Waals surface area contributed by atoms with Gasteiger partial charge in [0.1, 0.15) is 5.82 Å². The molecule has 1 aromatic rings. The average Bonchev–Trinajstić information content (AvgIpc) is 2.41. The van der Waals surface area contributed by atoms with E-state index in [1.807, 2.05) is 6.07 Å². The van der Waals surface area contributed by atoms with E-state index in [0.29, 0.717) is 4.47 Å². The van der Waals surface area contributed by atoms with Gasteiger partial charge in [0, 0.05) is 20.1 Å². The van der Waals surface area contributed by atoms with E-state index in [2.05, 4.69) is 38.5 Å². The Hall–Kier alpha value is -0.370. The third-order valence-corrected chi connectivity index (χ3v) is 3.34. The van der Waals surface area contributed by atoms with Gasteiger partial charge in [0.05, 0.1) is 4.47 Å². The molecule has 0 aliphatic rings. The lowest BCUT2D eigenvalue weighted by molar-refractivity contribution is 0.620. The minimum Gasteiger partial charge on any atom is -0.356 e. The van der Waals surface area contributed by atoms with E-state index in [9.17, 15) is 4.39 Å². The molecule has 0 amide bonds. The van der Waals surface area contributed by atoms with E-state index in [1.54, 1.807) is 13.1 Å². The fraction of sp³-hybridized carbons (Fsp3) is 0.500. The zero-order valence-corrected chi connectivity index (χ0v) is 15.8. The van der Waals surface area contributed by atoms with Crippen LogP contribution in [0.1, 0.15) is 25.3 Å². The third kappa shape index (κ3) is 7.42. The Bertz CT molecular complexity index is 427. The molecule has 0 atom stereocenters. The lowest BCUT2D eigenvalue weighted by Gasteiger charge is -2.11. The Balaban J connectivity index is 0.00000361. The molecule has 0 saturated heterocycles. The summed E-state index contributed by atoms with van der Waals surface area (Å²) in [7, 11) is 1.76. The van der Waals surface area contributed by atoms with Crippen LogP contribution in [-0.4, -0.2) is 26.1 Å².